The Balaban J connectivity index is 1.47. The molecule has 0 saturated heterocycles. The zero-order valence-corrected chi connectivity index (χ0v) is 14.3. The molecule has 3 aromatic heterocycles. The summed E-state index contributed by atoms with van der Waals surface area (Å²) in [4.78, 5) is 20.8. The van der Waals surface area contributed by atoms with E-state index in [1.54, 1.807) is 30.5 Å². The van der Waals surface area contributed by atoms with Crippen LogP contribution in [0.25, 0.3) is 33.7 Å². The standard InChI is InChI=1S/C21H12FN3O3/c22-15-8-7-13(11-14(15)21-25-19-17(28-21)6-3-9-23-19)24-20(26)18-10-12-4-1-2-5-16(12)27-18/h1-11H,(H,24,26). The normalized spacial score (nSPS) is 11.2. The first-order chi connectivity index (χ1) is 13.7. The van der Waals surface area contributed by atoms with E-state index in [4.69, 9.17) is 8.83 Å². The fourth-order valence-corrected chi connectivity index (χ4v) is 2.94. The lowest BCUT2D eigenvalue weighted by Crippen LogP contribution is -2.11. The van der Waals surface area contributed by atoms with Gasteiger partial charge in [0.1, 0.15) is 11.4 Å². The summed E-state index contributed by atoms with van der Waals surface area (Å²) in [5.74, 6) is -0.703. The highest BCUT2D eigenvalue weighted by Crippen LogP contribution is 2.28. The maximum Gasteiger partial charge on any atom is 0.291 e. The van der Waals surface area contributed by atoms with E-state index in [2.05, 4.69) is 15.3 Å². The van der Waals surface area contributed by atoms with Crippen LogP contribution in [-0.4, -0.2) is 15.9 Å². The fourth-order valence-electron chi connectivity index (χ4n) is 2.94. The van der Waals surface area contributed by atoms with E-state index in [1.807, 2.05) is 18.2 Å². The number of oxazole rings is 1. The number of benzene rings is 2. The monoisotopic (exact) mass is 373 g/mol. The molecule has 0 aliphatic carbocycles. The van der Waals surface area contributed by atoms with Gasteiger partial charge in [-0.25, -0.2) is 9.37 Å². The third kappa shape index (κ3) is 2.79. The molecular weight excluding hydrogens is 361 g/mol. The van der Waals surface area contributed by atoms with Crippen LogP contribution in [0.4, 0.5) is 10.1 Å². The Bertz CT molecular complexity index is 1270. The number of fused-ring (bicyclic) bond motifs is 2. The second-order valence-corrected chi connectivity index (χ2v) is 6.14. The van der Waals surface area contributed by atoms with Crippen LogP contribution < -0.4 is 5.32 Å². The zero-order chi connectivity index (χ0) is 19.1. The van der Waals surface area contributed by atoms with Gasteiger partial charge in [-0.15, -0.1) is 0 Å². The molecule has 0 radical (unpaired) electrons. The van der Waals surface area contributed by atoms with Crippen LogP contribution in [0.15, 0.2) is 75.7 Å². The molecule has 0 aliphatic rings. The van der Waals surface area contributed by atoms with Gasteiger partial charge in [0.25, 0.3) is 5.91 Å². The van der Waals surface area contributed by atoms with Gasteiger partial charge < -0.3 is 14.2 Å². The molecule has 2 aromatic carbocycles. The number of hydrogen-bond donors (Lipinski definition) is 1. The van der Waals surface area contributed by atoms with Gasteiger partial charge in [-0.05, 0) is 42.5 Å². The summed E-state index contributed by atoms with van der Waals surface area (Å²) < 4.78 is 25.5. The van der Waals surface area contributed by atoms with Gasteiger partial charge in [0.05, 0.1) is 5.56 Å². The van der Waals surface area contributed by atoms with E-state index < -0.39 is 11.7 Å². The molecule has 7 heteroatoms. The number of anilines is 1. The van der Waals surface area contributed by atoms with E-state index >= 15 is 0 Å². The molecule has 0 saturated carbocycles. The van der Waals surface area contributed by atoms with Gasteiger partial charge in [0.15, 0.2) is 17.0 Å². The van der Waals surface area contributed by atoms with Gasteiger partial charge in [-0.3, -0.25) is 4.79 Å². The van der Waals surface area contributed by atoms with E-state index in [9.17, 15) is 9.18 Å². The number of hydrogen-bond acceptors (Lipinski definition) is 5. The molecule has 0 bridgehead atoms. The van der Waals surface area contributed by atoms with Crippen LogP contribution in [0.3, 0.4) is 0 Å². The highest BCUT2D eigenvalue weighted by molar-refractivity contribution is 6.04. The lowest BCUT2D eigenvalue weighted by atomic mass is 10.2. The van der Waals surface area contributed by atoms with Gasteiger partial charge in [0, 0.05) is 17.3 Å². The predicted octanol–water partition coefficient (Wildman–Crippen LogP) is 5.03. The summed E-state index contributed by atoms with van der Waals surface area (Å²) in [6, 6.07) is 16.5. The molecule has 0 spiro atoms. The van der Waals surface area contributed by atoms with Crippen LogP contribution in [0.5, 0.6) is 0 Å². The summed E-state index contributed by atoms with van der Waals surface area (Å²) >= 11 is 0. The molecular formula is C21H12FN3O3. The Morgan fingerprint density at radius 1 is 0.964 bits per heavy atom. The van der Waals surface area contributed by atoms with E-state index in [-0.39, 0.29) is 17.2 Å². The molecule has 136 valence electrons. The first-order valence-electron chi connectivity index (χ1n) is 8.49. The third-order valence-electron chi connectivity index (χ3n) is 4.27. The number of aromatic nitrogens is 2. The summed E-state index contributed by atoms with van der Waals surface area (Å²) in [7, 11) is 0. The third-order valence-corrected chi connectivity index (χ3v) is 4.27. The maximum absolute atomic E-state index is 14.3. The summed E-state index contributed by atoms with van der Waals surface area (Å²) in [5.41, 5.74) is 1.96. The molecule has 0 aliphatic heterocycles. The SMILES string of the molecule is O=C(Nc1ccc(F)c(-c2nc3ncccc3o2)c1)c1cc2ccccc2o1. The molecule has 0 unspecified atom stereocenters. The van der Waals surface area contributed by atoms with Crippen molar-refractivity contribution in [3.05, 3.63) is 78.4 Å². The number of nitrogens with zero attached hydrogens (tertiary/aromatic N) is 2. The Labute approximate surface area is 157 Å². The minimum Gasteiger partial charge on any atom is -0.451 e. The van der Waals surface area contributed by atoms with Crippen molar-refractivity contribution < 1.29 is 18.0 Å². The second-order valence-electron chi connectivity index (χ2n) is 6.14. The number of carbonyl (C=O) groups excluding carboxylic acids is 1. The molecule has 1 amide bonds. The smallest absolute Gasteiger partial charge is 0.291 e. The molecule has 3 heterocycles. The minimum atomic E-state index is -0.520. The van der Waals surface area contributed by atoms with Crippen molar-refractivity contribution in [3.63, 3.8) is 0 Å². The van der Waals surface area contributed by atoms with Crippen LogP contribution in [0.1, 0.15) is 10.6 Å². The van der Waals surface area contributed by atoms with Gasteiger partial charge >= 0.3 is 0 Å². The Morgan fingerprint density at radius 2 is 1.82 bits per heavy atom. The lowest BCUT2D eigenvalue weighted by Gasteiger charge is -2.05. The largest absolute Gasteiger partial charge is 0.451 e. The molecule has 5 aromatic rings. The van der Waals surface area contributed by atoms with Gasteiger partial charge in [0.2, 0.25) is 5.89 Å². The van der Waals surface area contributed by atoms with Gasteiger partial charge in [-0.2, -0.15) is 4.98 Å². The molecule has 0 fully saturated rings. The second kappa shape index (κ2) is 6.31. The number of amides is 1. The average molecular weight is 373 g/mol. The molecule has 1 N–H and O–H groups in total. The number of nitrogens with one attached hydrogen (secondary N) is 1. The van der Waals surface area contributed by atoms with Gasteiger partial charge in [-0.1, -0.05) is 18.2 Å². The summed E-state index contributed by atoms with van der Waals surface area (Å²) in [6.45, 7) is 0. The number of halogens is 1. The Kier molecular flexibility index (Phi) is 3.65. The van der Waals surface area contributed by atoms with Crippen molar-refractivity contribution in [1.82, 2.24) is 9.97 Å². The quantitative estimate of drug-likeness (QED) is 0.480. The molecule has 28 heavy (non-hydrogen) atoms. The average Bonchev–Trinajstić information content (AvgIpc) is 3.33. The molecule has 0 atom stereocenters. The Morgan fingerprint density at radius 3 is 2.68 bits per heavy atom. The van der Waals surface area contributed by atoms with E-state index in [0.29, 0.717) is 22.5 Å². The highest BCUT2D eigenvalue weighted by atomic mass is 19.1. The number of rotatable bonds is 3. The first-order valence-corrected chi connectivity index (χ1v) is 8.49. The van der Waals surface area contributed by atoms with Crippen molar-refractivity contribution in [2.75, 3.05) is 5.32 Å². The predicted molar refractivity (Wildman–Crippen MR) is 101 cm³/mol. The maximum atomic E-state index is 14.3. The van der Waals surface area contributed by atoms with Crippen LogP contribution >= 0.6 is 0 Å². The number of para-hydroxylation sites is 1. The van der Waals surface area contributed by atoms with Crippen molar-refractivity contribution in [2.45, 2.75) is 0 Å². The number of pyridine rings is 1. The Hall–Kier alpha value is -4.00. The van der Waals surface area contributed by atoms with Crippen molar-refractivity contribution in [3.8, 4) is 11.5 Å². The summed E-state index contributed by atoms with van der Waals surface area (Å²) in [5, 5.41) is 3.53. The topological polar surface area (TPSA) is 81.2 Å². The van der Waals surface area contributed by atoms with Crippen LogP contribution in [-0.2, 0) is 0 Å². The van der Waals surface area contributed by atoms with Crippen molar-refractivity contribution in [2.24, 2.45) is 0 Å². The van der Waals surface area contributed by atoms with Crippen LogP contribution in [0.2, 0.25) is 0 Å². The number of furan rings is 1. The lowest BCUT2D eigenvalue weighted by molar-refractivity contribution is 0.0998. The van der Waals surface area contributed by atoms with Crippen molar-refractivity contribution in [1.29, 1.82) is 0 Å². The fraction of sp³-hybridized carbons (Fsp3) is 0. The van der Waals surface area contributed by atoms with Crippen LogP contribution in [0, 0.1) is 5.82 Å². The molecule has 5 rings (SSSR count). The number of carbonyl (C=O) groups is 1. The first kappa shape index (κ1) is 16.2. The van der Waals surface area contributed by atoms with Crippen molar-refractivity contribution >= 4 is 33.8 Å². The molecule has 6 nitrogen and oxygen atoms in total. The minimum absolute atomic E-state index is 0.0889. The van der Waals surface area contributed by atoms with E-state index in [0.717, 1.165) is 5.39 Å². The summed E-state index contributed by atoms with van der Waals surface area (Å²) in [6.07, 6.45) is 1.58. The highest BCUT2D eigenvalue weighted by Gasteiger charge is 2.17. The zero-order valence-electron chi connectivity index (χ0n) is 14.3. The van der Waals surface area contributed by atoms with E-state index in [1.165, 1.54) is 18.2 Å².